The number of ether oxygens (including phenoxy) is 1. The Labute approximate surface area is 108 Å². The molecule has 0 atom stereocenters. The molecule has 0 aromatic carbocycles. The normalized spacial score (nSPS) is 18.1. The largest absolute Gasteiger partial charge is 0.379 e. The Morgan fingerprint density at radius 1 is 1.35 bits per heavy atom. The van der Waals surface area contributed by atoms with Gasteiger partial charge in [-0.3, -0.25) is 9.69 Å². The fraction of sp³-hybridized carbons (Fsp3) is 0.917. The summed E-state index contributed by atoms with van der Waals surface area (Å²) in [6.45, 7) is 10.8. The van der Waals surface area contributed by atoms with E-state index in [0.29, 0.717) is 5.75 Å². The predicted molar refractivity (Wildman–Crippen MR) is 72.5 cm³/mol. The number of nitrogens with one attached hydrogen (secondary N) is 1. The minimum Gasteiger partial charge on any atom is -0.379 e. The highest BCUT2D eigenvalue weighted by atomic mass is 32.2. The van der Waals surface area contributed by atoms with Gasteiger partial charge in [0.25, 0.3) is 0 Å². The third-order valence-corrected chi connectivity index (χ3v) is 3.34. The third-order valence-electron chi connectivity index (χ3n) is 2.40. The quantitative estimate of drug-likeness (QED) is 0.748. The standard InChI is InChI=1S/C12H24N2O2S/c1-12(2,3)13-11(15)10-17-9-6-14-4-7-16-8-5-14/h4-10H2,1-3H3,(H,13,15). The zero-order valence-electron chi connectivity index (χ0n) is 11.1. The first-order valence-corrected chi connectivity index (χ1v) is 7.32. The summed E-state index contributed by atoms with van der Waals surface area (Å²) in [4.78, 5) is 13.9. The van der Waals surface area contributed by atoms with Crippen LogP contribution in [-0.4, -0.2) is 60.7 Å². The molecule has 0 unspecified atom stereocenters. The van der Waals surface area contributed by atoms with Crippen molar-refractivity contribution in [3.05, 3.63) is 0 Å². The molecule has 0 saturated carbocycles. The highest BCUT2D eigenvalue weighted by molar-refractivity contribution is 7.99. The zero-order chi connectivity index (χ0) is 12.7. The van der Waals surface area contributed by atoms with E-state index in [1.807, 2.05) is 20.8 Å². The molecule has 0 spiro atoms. The molecule has 1 saturated heterocycles. The van der Waals surface area contributed by atoms with Gasteiger partial charge in [0.2, 0.25) is 5.91 Å². The number of rotatable bonds is 5. The van der Waals surface area contributed by atoms with Gasteiger partial charge in [-0.25, -0.2) is 0 Å². The van der Waals surface area contributed by atoms with Crippen molar-refractivity contribution in [2.75, 3.05) is 44.4 Å². The zero-order valence-corrected chi connectivity index (χ0v) is 11.9. The molecule has 0 aliphatic carbocycles. The molecule has 4 nitrogen and oxygen atoms in total. The van der Waals surface area contributed by atoms with Crippen LogP contribution < -0.4 is 5.32 Å². The van der Waals surface area contributed by atoms with E-state index in [2.05, 4.69) is 10.2 Å². The van der Waals surface area contributed by atoms with Crippen LogP contribution in [0.5, 0.6) is 0 Å². The summed E-state index contributed by atoms with van der Waals surface area (Å²) in [5.41, 5.74) is -0.123. The molecule has 1 aliphatic rings. The van der Waals surface area contributed by atoms with Crippen LogP contribution in [0.1, 0.15) is 20.8 Å². The molecule has 1 rings (SSSR count). The molecule has 1 N–H and O–H groups in total. The first kappa shape index (κ1) is 14.8. The highest BCUT2D eigenvalue weighted by Gasteiger charge is 2.14. The minimum absolute atomic E-state index is 0.123. The van der Waals surface area contributed by atoms with E-state index in [1.54, 1.807) is 11.8 Å². The van der Waals surface area contributed by atoms with Crippen LogP contribution in [-0.2, 0) is 9.53 Å². The summed E-state index contributed by atoms with van der Waals surface area (Å²) >= 11 is 1.70. The number of carbonyl (C=O) groups is 1. The van der Waals surface area contributed by atoms with Gasteiger partial charge in [0.15, 0.2) is 0 Å². The number of hydrogen-bond donors (Lipinski definition) is 1. The second kappa shape index (κ2) is 7.24. The maximum absolute atomic E-state index is 11.5. The first-order valence-electron chi connectivity index (χ1n) is 6.16. The molecule has 100 valence electrons. The second-order valence-electron chi connectivity index (χ2n) is 5.30. The van der Waals surface area contributed by atoms with E-state index in [1.165, 1.54) is 0 Å². The Morgan fingerprint density at radius 3 is 2.59 bits per heavy atom. The maximum Gasteiger partial charge on any atom is 0.230 e. The van der Waals surface area contributed by atoms with Crippen molar-refractivity contribution in [1.29, 1.82) is 0 Å². The highest BCUT2D eigenvalue weighted by Crippen LogP contribution is 2.05. The van der Waals surface area contributed by atoms with Crippen molar-refractivity contribution in [3.63, 3.8) is 0 Å². The van der Waals surface area contributed by atoms with Crippen molar-refractivity contribution in [2.45, 2.75) is 26.3 Å². The van der Waals surface area contributed by atoms with Gasteiger partial charge in [0.05, 0.1) is 19.0 Å². The van der Waals surface area contributed by atoms with Gasteiger partial charge < -0.3 is 10.1 Å². The average molecular weight is 260 g/mol. The SMILES string of the molecule is CC(C)(C)NC(=O)CSCCN1CCOCC1. The molecule has 0 radical (unpaired) electrons. The lowest BCUT2D eigenvalue weighted by atomic mass is 10.1. The van der Waals surface area contributed by atoms with E-state index in [9.17, 15) is 4.79 Å². The molecule has 1 amide bonds. The number of carbonyl (C=O) groups excluding carboxylic acids is 1. The molecule has 1 heterocycles. The summed E-state index contributed by atoms with van der Waals surface area (Å²) in [7, 11) is 0. The molecule has 0 aromatic rings. The Morgan fingerprint density at radius 2 is 2.00 bits per heavy atom. The monoisotopic (exact) mass is 260 g/mol. The van der Waals surface area contributed by atoms with Gasteiger partial charge in [-0.2, -0.15) is 11.8 Å². The van der Waals surface area contributed by atoms with E-state index < -0.39 is 0 Å². The molecule has 5 heteroatoms. The second-order valence-corrected chi connectivity index (χ2v) is 6.41. The Balaban J connectivity index is 2.01. The fourth-order valence-corrected chi connectivity index (χ4v) is 2.43. The summed E-state index contributed by atoms with van der Waals surface area (Å²) < 4.78 is 5.29. The van der Waals surface area contributed by atoms with Crippen LogP contribution in [0.4, 0.5) is 0 Å². The molecular weight excluding hydrogens is 236 g/mol. The minimum atomic E-state index is -0.123. The van der Waals surface area contributed by atoms with E-state index >= 15 is 0 Å². The predicted octanol–water partition coefficient (Wildman–Crippen LogP) is 0.966. The third kappa shape index (κ3) is 7.63. The van der Waals surface area contributed by atoms with Gasteiger partial charge in [0.1, 0.15) is 0 Å². The molecule has 1 aliphatic heterocycles. The van der Waals surface area contributed by atoms with E-state index in [4.69, 9.17) is 4.74 Å². The van der Waals surface area contributed by atoms with Crippen molar-refractivity contribution in [2.24, 2.45) is 0 Å². The van der Waals surface area contributed by atoms with E-state index in [-0.39, 0.29) is 11.4 Å². The number of thioether (sulfide) groups is 1. The number of nitrogens with zero attached hydrogens (tertiary/aromatic N) is 1. The van der Waals surface area contributed by atoms with Crippen LogP contribution in [0.25, 0.3) is 0 Å². The van der Waals surface area contributed by atoms with Crippen molar-refractivity contribution in [3.8, 4) is 0 Å². The number of hydrogen-bond acceptors (Lipinski definition) is 4. The lowest BCUT2D eigenvalue weighted by molar-refractivity contribution is -0.119. The Kier molecular flexibility index (Phi) is 6.30. The van der Waals surface area contributed by atoms with Crippen LogP contribution in [0.15, 0.2) is 0 Å². The van der Waals surface area contributed by atoms with Crippen molar-refractivity contribution >= 4 is 17.7 Å². The maximum atomic E-state index is 11.5. The Bertz CT molecular complexity index is 235. The van der Waals surface area contributed by atoms with Crippen LogP contribution in [0.2, 0.25) is 0 Å². The Hall–Kier alpha value is -0.260. The van der Waals surface area contributed by atoms with Gasteiger partial charge in [-0.1, -0.05) is 0 Å². The van der Waals surface area contributed by atoms with Crippen LogP contribution in [0, 0.1) is 0 Å². The number of morpholine rings is 1. The topological polar surface area (TPSA) is 41.6 Å². The summed E-state index contributed by atoms with van der Waals surface area (Å²) in [6, 6.07) is 0. The van der Waals surface area contributed by atoms with Crippen molar-refractivity contribution in [1.82, 2.24) is 10.2 Å². The van der Waals surface area contributed by atoms with Gasteiger partial charge in [-0.05, 0) is 20.8 Å². The molecule has 1 fully saturated rings. The lowest BCUT2D eigenvalue weighted by Crippen LogP contribution is -2.41. The molecule has 0 bridgehead atoms. The van der Waals surface area contributed by atoms with E-state index in [0.717, 1.165) is 38.6 Å². The summed E-state index contributed by atoms with van der Waals surface area (Å²) in [5, 5.41) is 2.96. The molecule has 0 aromatic heterocycles. The van der Waals surface area contributed by atoms with Gasteiger partial charge in [-0.15, -0.1) is 0 Å². The van der Waals surface area contributed by atoms with Gasteiger partial charge >= 0.3 is 0 Å². The average Bonchev–Trinajstić information content (AvgIpc) is 2.23. The molecule has 17 heavy (non-hydrogen) atoms. The fourth-order valence-electron chi connectivity index (χ4n) is 1.64. The lowest BCUT2D eigenvalue weighted by Gasteiger charge is -2.26. The summed E-state index contributed by atoms with van der Waals surface area (Å²) in [6.07, 6.45) is 0. The summed E-state index contributed by atoms with van der Waals surface area (Å²) in [5.74, 6) is 1.70. The first-order chi connectivity index (χ1) is 7.97. The number of amides is 1. The van der Waals surface area contributed by atoms with Gasteiger partial charge in [0, 0.05) is 30.9 Å². The smallest absolute Gasteiger partial charge is 0.230 e. The van der Waals surface area contributed by atoms with Crippen LogP contribution >= 0.6 is 11.8 Å². The molecular formula is C12H24N2O2S. The van der Waals surface area contributed by atoms with Crippen molar-refractivity contribution < 1.29 is 9.53 Å². The van der Waals surface area contributed by atoms with Crippen LogP contribution in [0.3, 0.4) is 0 Å².